The minimum absolute atomic E-state index is 0.246. The number of hydrogen-bond donors (Lipinski definition) is 1. The Kier molecular flexibility index (Phi) is 8.29. The zero-order valence-corrected chi connectivity index (χ0v) is 19.6. The lowest BCUT2D eigenvalue weighted by Crippen LogP contribution is -2.30. The minimum atomic E-state index is -0.542. The van der Waals surface area contributed by atoms with Gasteiger partial charge in [0.05, 0.1) is 28.4 Å². The first-order valence-corrected chi connectivity index (χ1v) is 10.5. The quantitative estimate of drug-likeness (QED) is 0.292. The van der Waals surface area contributed by atoms with Crippen molar-refractivity contribution in [1.29, 1.82) is 0 Å². The highest BCUT2D eigenvalue weighted by atomic mass is 16.5. The minimum Gasteiger partial charge on any atom is -0.493 e. The van der Waals surface area contributed by atoms with Crippen LogP contribution in [0, 0.1) is 0 Å². The highest BCUT2D eigenvalue weighted by Gasteiger charge is 2.17. The Morgan fingerprint density at radius 3 is 1.91 bits per heavy atom. The number of benzene rings is 3. The standard InChI is InChI=1S/C27H27NO6/c1-31-23-15-18(16-24(32-2)26(23)34-4)14-22(27(30)28-17-25(29)33-3)21-12-10-20(11-13-21)19-8-6-5-7-9-19/h5-16H,17H2,1-4H3,(H,28,30)/b22-14+. The average Bonchev–Trinajstić information content (AvgIpc) is 2.90. The van der Waals surface area contributed by atoms with Gasteiger partial charge >= 0.3 is 5.97 Å². The predicted octanol–water partition coefficient (Wildman–Crippen LogP) is 4.21. The van der Waals surface area contributed by atoms with Gasteiger partial charge in [0.15, 0.2) is 11.5 Å². The molecule has 0 saturated heterocycles. The van der Waals surface area contributed by atoms with Gasteiger partial charge in [0.2, 0.25) is 5.75 Å². The summed E-state index contributed by atoms with van der Waals surface area (Å²) in [5.41, 5.74) is 3.78. The van der Waals surface area contributed by atoms with E-state index in [1.165, 1.54) is 28.4 Å². The third kappa shape index (κ3) is 5.75. The summed E-state index contributed by atoms with van der Waals surface area (Å²) in [4.78, 5) is 24.7. The molecular weight excluding hydrogens is 434 g/mol. The van der Waals surface area contributed by atoms with Crippen LogP contribution in [-0.2, 0) is 14.3 Å². The van der Waals surface area contributed by atoms with Crippen molar-refractivity contribution in [3.8, 4) is 28.4 Å². The fraction of sp³-hybridized carbons (Fsp3) is 0.185. The summed E-state index contributed by atoms with van der Waals surface area (Å²) in [6.45, 7) is -0.246. The molecule has 0 spiro atoms. The average molecular weight is 462 g/mol. The molecule has 0 aliphatic rings. The number of carbonyl (C=O) groups excluding carboxylic acids is 2. The maximum absolute atomic E-state index is 13.1. The third-order valence-electron chi connectivity index (χ3n) is 5.17. The third-order valence-corrected chi connectivity index (χ3v) is 5.17. The van der Waals surface area contributed by atoms with Gasteiger partial charge < -0.3 is 24.3 Å². The van der Waals surface area contributed by atoms with Crippen LogP contribution in [-0.4, -0.2) is 46.9 Å². The van der Waals surface area contributed by atoms with Crippen molar-refractivity contribution >= 4 is 23.5 Å². The highest BCUT2D eigenvalue weighted by Crippen LogP contribution is 2.39. The lowest BCUT2D eigenvalue weighted by molar-refractivity contribution is -0.140. The molecular formula is C27H27NO6. The largest absolute Gasteiger partial charge is 0.493 e. The van der Waals surface area contributed by atoms with E-state index in [1.807, 2.05) is 54.6 Å². The van der Waals surface area contributed by atoms with E-state index >= 15 is 0 Å². The SMILES string of the molecule is COC(=O)CNC(=O)/C(=C/c1cc(OC)c(OC)c(OC)c1)c1ccc(-c2ccccc2)cc1. The van der Waals surface area contributed by atoms with Crippen molar-refractivity contribution in [2.45, 2.75) is 0 Å². The second-order valence-corrected chi connectivity index (χ2v) is 7.22. The first-order valence-electron chi connectivity index (χ1n) is 10.5. The zero-order chi connectivity index (χ0) is 24.5. The van der Waals surface area contributed by atoms with Gasteiger partial charge in [-0.3, -0.25) is 9.59 Å². The molecule has 0 fully saturated rings. The van der Waals surface area contributed by atoms with Crippen molar-refractivity contribution in [1.82, 2.24) is 5.32 Å². The molecule has 3 rings (SSSR count). The van der Waals surface area contributed by atoms with Crippen LogP contribution in [0.3, 0.4) is 0 Å². The van der Waals surface area contributed by atoms with Crippen LogP contribution < -0.4 is 19.5 Å². The predicted molar refractivity (Wildman–Crippen MR) is 131 cm³/mol. The second-order valence-electron chi connectivity index (χ2n) is 7.22. The molecule has 0 heterocycles. The number of hydrogen-bond acceptors (Lipinski definition) is 6. The molecule has 0 radical (unpaired) electrons. The Labute approximate surface area is 198 Å². The van der Waals surface area contributed by atoms with Crippen LogP contribution in [0.25, 0.3) is 22.8 Å². The Hall–Kier alpha value is -4.26. The number of rotatable bonds is 9. The van der Waals surface area contributed by atoms with Crippen LogP contribution in [0.1, 0.15) is 11.1 Å². The Bertz CT molecular complexity index is 1140. The molecule has 0 aliphatic carbocycles. The first-order chi connectivity index (χ1) is 16.5. The van der Waals surface area contributed by atoms with Crippen LogP contribution in [0.15, 0.2) is 66.7 Å². The van der Waals surface area contributed by atoms with E-state index in [4.69, 9.17) is 14.2 Å². The van der Waals surface area contributed by atoms with Crippen molar-refractivity contribution in [2.75, 3.05) is 35.0 Å². The molecule has 0 bridgehead atoms. The van der Waals surface area contributed by atoms with Gasteiger partial charge in [-0.15, -0.1) is 0 Å². The van der Waals surface area contributed by atoms with E-state index in [1.54, 1.807) is 18.2 Å². The molecule has 0 unspecified atom stereocenters. The maximum atomic E-state index is 13.1. The van der Waals surface area contributed by atoms with E-state index < -0.39 is 11.9 Å². The normalized spacial score (nSPS) is 10.9. The summed E-state index contributed by atoms with van der Waals surface area (Å²) < 4.78 is 20.9. The smallest absolute Gasteiger partial charge is 0.325 e. The van der Waals surface area contributed by atoms with E-state index in [-0.39, 0.29) is 6.54 Å². The fourth-order valence-electron chi connectivity index (χ4n) is 3.42. The van der Waals surface area contributed by atoms with E-state index in [0.29, 0.717) is 33.9 Å². The molecule has 34 heavy (non-hydrogen) atoms. The van der Waals surface area contributed by atoms with Crippen LogP contribution >= 0.6 is 0 Å². The van der Waals surface area contributed by atoms with Crippen LogP contribution in [0.2, 0.25) is 0 Å². The van der Waals surface area contributed by atoms with Gasteiger partial charge in [-0.25, -0.2) is 0 Å². The van der Waals surface area contributed by atoms with Gasteiger partial charge in [0.1, 0.15) is 6.54 Å². The lowest BCUT2D eigenvalue weighted by atomic mass is 9.98. The molecule has 176 valence electrons. The Morgan fingerprint density at radius 1 is 0.794 bits per heavy atom. The first kappa shape index (κ1) is 24.4. The summed E-state index contributed by atoms with van der Waals surface area (Å²) in [5.74, 6) is 0.404. The number of esters is 1. The maximum Gasteiger partial charge on any atom is 0.325 e. The second kappa shape index (κ2) is 11.6. The van der Waals surface area contributed by atoms with Crippen molar-refractivity contribution < 1.29 is 28.5 Å². The molecule has 7 nitrogen and oxygen atoms in total. The molecule has 0 aromatic heterocycles. The van der Waals surface area contributed by atoms with Gasteiger partial charge in [-0.2, -0.15) is 0 Å². The highest BCUT2D eigenvalue weighted by molar-refractivity contribution is 6.24. The summed E-state index contributed by atoms with van der Waals surface area (Å²) in [6, 6.07) is 21.0. The lowest BCUT2D eigenvalue weighted by Gasteiger charge is -2.14. The molecule has 7 heteroatoms. The molecule has 0 aliphatic heterocycles. The Morgan fingerprint density at radius 2 is 1.38 bits per heavy atom. The molecule has 3 aromatic rings. The van der Waals surface area contributed by atoms with E-state index in [9.17, 15) is 9.59 Å². The monoisotopic (exact) mass is 461 g/mol. The molecule has 1 amide bonds. The zero-order valence-electron chi connectivity index (χ0n) is 19.6. The fourth-order valence-corrected chi connectivity index (χ4v) is 3.42. The van der Waals surface area contributed by atoms with E-state index in [0.717, 1.165) is 11.1 Å². The Balaban J connectivity index is 2.05. The topological polar surface area (TPSA) is 83.1 Å². The molecule has 0 atom stereocenters. The summed E-state index contributed by atoms with van der Waals surface area (Å²) >= 11 is 0. The number of ether oxygens (including phenoxy) is 4. The molecule has 0 saturated carbocycles. The number of carbonyl (C=O) groups is 2. The number of methoxy groups -OCH3 is 4. The van der Waals surface area contributed by atoms with Gasteiger partial charge in [0, 0.05) is 5.57 Å². The van der Waals surface area contributed by atoms with Gasteiger partial charge in [-0.05, 0) is 40.5 Å². The van der Waals surface area contributed by atoms with Crippen molar-refractivity contribution in [2.24, 2.45) is 0 Å². The summed E-state index contributed by atoms with van der Waals surface area (Å²) in [5, 5.41) is 2.61. The summed E-state index contributed by atoms with van der Waals surface area (Å²) in [6.07, 6.45) is 1.70. The van der Waals surface area contributed by atoms with Gasteiger partial charge in [-0.1, -0.05) is 54.6 Å². The van der Waals surface area contributed by atoms with Crippen molar-refractivity contribution in [3.63, 3.8) is 0 Å². The van der Waals surface area contributed by atoms with Crippen LogP contribution in [0.5, 0.6) is 17.2 Å². The van der Waals surface area contributed by atoms with Crippen LogP contribution in [0.4, 0.5) is 0 Å². The van der Waals surface area contributed by atoms with Gasteiger partial charge in [0.25, 0.3) is 5.91 Å². The molecule has 1 N–H and O–H groups in total. The molecule has 3 aromatic carbocycles. The number of nitrogens with one attached hydrogen (secondary N) is 1. The van der Waals surface area contributed by atoms with Crippen molar-refractivity contribution in [3.05, 3.63) is 77.9 Å². The van der Waals surface area contributed by atoms with E-state index in [2.05, 4.69) is 10.1 Å². The number of amides is 1. The summed E-state index contributed by atoms with van der Waals surface area (Å²) in [7, 11) is 5.84.